The van der Waals surface area contributed by atoms with Crippen LogP contribution >= 0.6 is 0 Å². The Labute approximate surface area is 247 Å². The number of nitrogens with zero attached hydrogens (tertiary/aromatic N) is 2. The van der Waals surface area contributed by atoms with E-state index in [0.717, 1.165) is 0 Å². The van der Waals surface area contributed by atoms with Crippen molar-refractivity contribution in [2.75, 3.05) is 6.61 Å². The number of para-hydroxylation sites is 2. The van der Waals surface area contributed by atoms with E-state index in [9.17, 15) is 28.7 Å². The van der Waals surface area contributed by atoms with E-state index in [-0.39, 0.29) is 31.4 Å². The van der Waals surface area contributed by atoms with Crippen molar-refractivity contribution >= 4 is 35.0 Å². The van der Waals surface area contributed by atoms with Gasteiger partial charge in [0.2, 0.25) is 5.91 Å². The summed E-state index contributed by atoms with van der Waals surface area (Å²) < 4.78 is 24.5. The summed E-state index contributed by atoms with van der Waals surface area (Å²) in [4.78, 5) is 57.9. The first kappa shape index (κ1) is 32.9. The summed E-state index contributed by atoms with van der Waals surface area (Å²) in [6.07, 6.45) is -1.61. The zero-order chi connectivity index (χ0) is 31.6. The van der Waals surface area contributed by atoms with Gasteiger partial charge in [-0.25, -0.2) is 14.2 Å². The van der Waals surface area contributed by atoms with Crippen LogP contribution in [0.4, 0.5) is 9.18 Å². The third-order valence-corrected chi connectivity index (χ3v) is 6.60. The molecule has 1 aromatic heterocycles. The van der Waals surface area contributed by atoms with E-state index in [2.05, 4.69) is 15.3 Å². The average Bonchev–Trinajstić information content (AvgIpc) is 2.93. The molecule has 3 rings (SSSR count). The van der Waals surface area contributed by atoms with Crippen LogP contribution in [0.3, 0.4) is 0 Å². The van der Waals surface area contributed by atoms with Crippen LogP contribution in [0.2, 0.25) is 0 Å². The molecule has 0 unspecified atom stereocenters. The fraction of sp³-hybridized carbons (Fsp3) is 0.400. The number of rotatable bonds is 15. The quantitative estimate of drug-likeness (QED) is 0.189. The molecule has 2 aromatic carbocycles. The summed E-state index contributed by atoms with van der Waals surface area (Å²) in [7, 11) is 0. The molecule has 13 heteroatoms. The molecule has 3 atom stereocenters. The van der Waals surface area contributed by atoms with Crippen molar-refractivity contribution in [1.29, 1.82) is 0 Å². The van der Waals surface area contributed by atoms with Gasteiger partial charge in [-0.15, -0.1) is 0 Å². The molecule has 0 aliphatic carbocycles. The van der Waals surface area contributed by atoms with Gasteiger partial charge in [-0.1, -0.05) is 24.3 Å². The molecule has 0 spiro atoms. The first-order chi connectivity index (χ1) is 20.3. The molecule has 0 aliphatic rings. The Bertz CT molecular complexity index is 1440. The molecule has 43 heavy (non-hydrogen) atoms. The Morgan fingerprint density at radius 1 is 1.09 bits per heavy atom. The lowest BCUT2D eigenvalue weighted by Crippen LogP contribution is -2.48. The Morgan fingerprint density at radius 3 is 2.47 bits per heavy atom. The van der Waals surface area contributed by atoms with E-state index in [1.54, 1.807) is 44.2 Å². The highest BCUT2D eigenvalue weighted by Crippen LogP contribution is 2.24. The number of aromatic nitrogens is 2. The maximum absolute atomic E-state index is 14.1. The third kappa shape index (κ3) is 10.9. The van der Waals surface area contributed by atoms with E-state index in [1.165, 1.54) is 24.4 Å². The molecule has 0 fully saturated rings. The van der Waals surface area contributed by atoms with Crippen molar-refractivity contribution in [2.24, 2.45) is 11.7 Å². The fourth-order valence-electron chi connectivity index (χ4n) is 4.36. The lowest BCUT2D eigenvalue weighted by molar-refractivity contribution is -0.138. The number of halogens is 1. The van der Waals surface area contributed by atoms with Crippen LogP contribution in [0.25, 0.3) is 11.0 Å². The van der Waals surface area contributed by atoms with Crippen molar-refractivity contribution in [3.63, 3.8) is 0 Å². The minimum atomic E-state index is -1.25. The van der Waals surface area contributed by atoms with Gasteiger partial charge in [0.25, 0.3) is 5.91 Å². The van der Waals surface area contributed by atoms with Crippen LogP contribution in [0.1, 0.15) is 55.6 Å². The number of amides is 2. The van der Waals surface area contributed by atoms with E-state index in [0.29, 0.717) is 16.6 Å². The smallest absolute Gasteiger partial charge is 0.481 e. The summed E-state index contributed by atoms with van der Waals surface area (Å²) in [5, 5.41) is 21.8. The van der Waals surface area contributed by atoms with Gasteiger partial charge in [-0.3, -0.25) is 19.4 Å². The van der Waals surface area contributed by atoms with Crippen LogP contribution in [-0.4, -0.2) is 68.5 Å². The second-order valence-corrected chi connectivity index (χ2v) is 10.7. The second-order valence-electron chi connectivity index (χ2n) is 10.7. The minimum absolute atomic E-state index is 0.0424. The molecule has 0 bridgehead atoms. The molecule has 1 heterocycles. The summed E-state index contributed by atoms with van der Waals surface area (Å²) in [6, 6.07) is 11.4. The number of carboxylic acids is 1. The number of hydrogen-bond donors (Lipinski definition) is 4. The van der Waals surface area contributed by atoms with E-state index in [1.807, 2.05) is 0 Å². The number of aliphatic hydroxyl groups is 1. The number of primary amides is 1. The minimum Gasteiger partial charge on any atom is -0.481 e. The molecule has 0 aliphatic heterocycles. The largest absolute Gasteiger partial charge is 0.508 e. The lowest BCUT2D eigenvalue weighted by Gasteiger charge is -2.30. The monoisotopic (exact) mass is 598 g/mol. The zero-order valence-corrected chi connectivity index (χ0v) is 23.9. The number of nitrogens with two attached hydrogens (primary N) is 1. The number of nitrogens with one attached hydrogen (secondary N) is 1. The Morgan fingerprint density at radius 2 is 1.81 bits per heavy atom. The first-order valence-corrected chi connectivity index (χ1v) is 13.6. The molecule has 230 valence electrons. The fourth-order valence-corrected chi connectivity index (χ4v) is 4.36. The predicted molar refractivity (Wildman–Crippen MR) is 152 cm³/mol. The SMILES string of the molecule is CC(C)(O)CC[C@H](C[C@@H](OC(=O)OCCC(=O)O)[C@H](Cc1cccc(F)c1)NC(=O)c1cnc2ccccc2n1)C(N)=O. The van der Waals surface area contributed by atoms with Crippen molar-refractivity contribution < 1.29 is 43.3 Å². The Kier molecular flexibility index (Phi) is 11.5. The maximum Gasteiger partial charge on any atom is 0.508 e. The molecule has 0 radical (unpaired) electrons. The molecule has 0 saturated carbocycles. The van der Waals surface area contributed by atoms with Crippen LogP contribution in [0, 0.1) is 11.7 Å². The molecular weight excluding hydrogens is 563 g/mol. The number of aliphatic carboxylic acids is 1. The van der Waals surface area contributed by atoms with Crippen molar-refractivity contribution in [3.8, 4) is 0 Å². The molecule has 5 N–H and O–H groups in total. The number of carbonyl (C=O) groups excluding carboxylic acids is 3. The van der Waals surface area contributed by atoms with E-state index >= 15 is 0 Å². The molecule has 12 nitrogen and oxygen atoms in total. The maximum atomic E-state index is 14.1. The Balaban J connectivity index is 1.96. The van der Waals surface area contributed by atoms with Crippen molar-refractivity contribution in [1.82, 2.24) is 15.3 Å². The van der Waals surface area contributed by atoms with Crippen molar-refractivity contribution in [2.45, 2.75) is 63.7 Å². The van der Waals surface area contributed by atoms with Gasteiger partial charge in [-0.2, -0.15) is 0 Å². The summed E-state index contributed by atoms with van der Waals surface area (Å²) in [5.74, 6) is -4.05. The van der Waals surface area contributed by atoms with Gasteiger partial charge in [0.1, 0.15) is 24.2 Å². The number of benzene rings is 2. The molecular formula is C30H35FN4O8. The summed E-state index contributed by atoms with van der Waals surface area (Å²) in [6.45, 7) is 2.65. The van der Waals surface area contributed by atoms with Gasteiger partial charge in [0.15, 0.2) is 0 Å². The number of fused-ring (bicyclic) bond motifs is 1. The number of carbonyl (C=O) groups is 4. The van der Waals surface area contributed by atoms with Crippen molar-refractivity contribution in [3.05, 3.63) is 71.8 Å². The van der Waals surface area contributed by atoms with Gasteiger partial charge < -0.3 is 30.7 Å². The number of carboxylic acid groups (broad SMARTS) is 1. The summed E-state index contributed by atoms with van der Waals surface area (Å²) in [5.41, 5.74) is 5.97. The third-order valence-electron chi connectivity index (χ3n) is 6.60. The molecule has 2 amide bonds. The first-order valence-electron chi connectivity index (χ1n) is 13.6. The summed E-state index contributed by atoms with van der Waals surface area (Å²) >= 11 is 0. The Hall–Kier alpha value is -4.65. The normalized spacial score (nSPS) is 13.5. The highest BCUT2D eigenvalue weighted by Gasteiger charge is 2.34. The number of ether oxygens (including phenoxy) is 2. The second kappa shape index (κ2) is 15.0. The van der Waals surface area contributed by atoms with Crippen LogP contribution in [-0.2, 0) is 25.5 Å². The highest BCUT2D eigenvalue weighted by atomic mass is 19.1. The number of hydrogen-bond acceptors (Lipinski definition) is 9. The molecule has 0 saturated heterocycles. The standard InChI is InChI=1S/C30H35FN4O8/c1-30(2,41)12-10-19(27(32)38)16-25(43-29(40)42-13-11-26(36)37)23(15-18-6-5-7-20(31)14-18)35-28(39)24-17-33-21-8-3-4-9-22(21)34-24/h3-9,14,17,19,23,25,41H,10-13,15-16H2,1-2H3,(H2,32,38)(H,35,39)(H,36,37)/t19-,23+,25-/m1/s1. The van der Waals surface area contributed by atoms with Crippen LogP contribution < -0.4 is 11.1 Å². The lowest BCUT2D eigenvalue weighted by atomic mass is 9.87. The zero-order valence-electron chi connectivity index (χ0n) is 23.9. The molecule has 3 aromatic rings. The highest BCUT2D eigenvalue weighted by molar-refractivity contribution is 5.94. The van der Waals surface area contributed by atoms with Gasteiger partial charge >= 0.3 is 12.1 Å². The van der Waals surface area contributed by atoms with E-state index in [4.69, 9.17) is 20.3 Å². The van der Waals surface area contributed by atoms with Crippen LogP contribution in [0.15, 0.2) is 54.7 Å². The predicted octanol–water partition coefficient (Wildman–Crippen LogP) is 3.15. The van der Waals surface area contributed by atoms with Gasteiger partial charge in [0.05, 0.1) is 35.3 Å². The average molecular weight is 599 g/mol. The topological polar surface area (TPSA) is 191 Å². The van der Waals surface area contributed by atoms with E-state index < -0.39 is 66.4 Å². The van der Waals surface area contributed by atoms with Gasteiger partial charge in [0, 0.05) is 5.92 Å². The van der Waals surface area contributed by atoms with Crippen LogP contribution in [0.5, 0.6) is 0 Å². The van der Waals surface area contributed by atoms with Gasteiger partial charge in [-0.05, 0) is 69.4 Å².